The first-order valence-electron chi connectivity index (χ1n) is 4.37. The third kappa shape index (κ3) is 2.26. The summed E-state index contributed by atoms with van der Waals surface area (Å²) in [5.74, 6) is -0.163. The van der Waals surface area contributed by atoms with Crippen LogP contribution in [0.2, 0.25) is 0 Å². The molecule has 0 amide bonds. The largest absolute Gasteiger partial charge is 0.206 e. The molecule has 0 atom stereocenters. The van der Waals surface area contributed by atoms with E-state index in [9.17, 15) is 4.39 Å². The summed E-state index contributed by atoms with van der Waals surface area (Å²) in [6, 6.07) is 5.35. The molecule has 1 aliphatic carbocycles. The van der Waals surface area contributed by atoms with E-state index in [0.717, 1.165) is 10.1 Å². The van der Waals surface area contributed by atoms with E-state index in [2.05, 4.69) is 15.9 Å². The molecule has 0 aliphatic heterocycles. The number of rotatable bonds is 2. The van der Waals surface area contributed by atoms with Crippen molar-refractivity contribution < 1.29 is 4.39 Å². The zero-order valence-electron chi connectivity index (χ0n) is 7.09. The molecule has 0 bridgehead atoms. The highest BCUT2D eigenvalue weighted by atomic mass is 79.9. The zero-order valence-corrected chi connectivity index (χ0v) is 9.50. The highest BCUT2D eigenvalue weighted by Gasteiger charge is 2.18. The average Bonchev–Trinajstić information content (AvgIpc) is 2.04. The monoisotopic (exact) mass is 260 g/mol. The molecule has 0 aromatic heterocycles. The van der Waals surface area contributed by atoms with Gasteiger partial charge < -0.3 is 0 Å². The predicted molar refractivity (Wildman–Crippen MR) is 57.6 cm³/mol. The van der Waals surface area contributed by atoms with E-state index >= 15 is 0 Å². The van der Waals surface area contributed by atoms with Crippen LogP contribution in [0.25, 0.3) is 0 Å². The SMILES string of the molecule is Fc1cc(SC2CCC2)ccc1Br. The van der Waals surface area contributed by atoms with Crippen LogP contribution in [0, 0.1) is 5.82 Å². The summed E-state index contributed by atoms with van der Waals surface area (Å²) in [5.41, 5.74) is 0. The van der Waals surface area contributed by atoms with E-state index in [1.165, 1.54) is 19.3 Å². The van der Waals surface area contributed by atoms with Crippen LogP contribution < -0.4 is 0 Å². The quantitative estimate of drug-likeness (QED) is 0.767. The first-order valence-corrected chi connectivity index (χ1v) is 6.04. The summed E-state index contributed by atoms with van der Waals surface area (Å²) >= 11 is 4.93. The summed E-state index contributed by atoms with van der Waals surface area (Å²) in [6.45, 7) is 0. The van der Waals surface area contributed by atoms with Crippen LogP contribution in [0.1, 0.15) is 19.3 Å². The third-order valence-electron chi connectivity index (χ3n) is 2.25. The summed E-state index contributed by atoms with van der Waals surface area (Å²) in [6.07, 6.45) is 3.89. The van der Waals surface area contributed by atoms with E-state index in [1.807, 2.05) is 6.07 Å². The van der Waals surface area contributed by atoms with Crippen molar-refractivity contribution in [3.63, 3.8) is 0 Å². The Morgan fingerprint density at radius 2 is 2.15 bits per heavy atom. The lowest BCUT2D eigenvalue weighted by molar-refractivity contribution is 0.522. The van der Waals surface area contributed by atoms with Gasteiger partial charge in [0.1, 0.15) is 5.82 Å². The van der Waals surface area contributed by atoms with Crippen LogP contribution in [-0.2, 0) is 0 Å². The van der Waals surface area contributed by atoms with E-state index in [-0.39, 0.29) is 5.82 Å². The average molecular weight is 261 g/mol. The lowest BCUT2D eigenvalue weighted by Gasteiger charge is -2.24. The summed E-state index contributed by atoms with van der Waals surface area (Å²) in [7, 11) is 0. The lowest BCUT2D eigenvalue weighted by atomic mass is 10.0. The summed E-state index contributed by atoms with van der Waals surface area (Å²) in [5, 5.41) is 0.723. The summed E-state index contributed by atoms with van der Waals surface area (Å²) in [4.78, 5) is 1.05. The molecule has 13 heavy (non-hydrogen) atoms. The van der Waals surface area contributed by atoms with Crippen molar-refractivity contribution in [3.05, 3.63) is 28.5 Å². The molecule has 0 nitrogen and oxygen atoms in total. The fourth-order valence-electron chi connectivity index (χ4n) is 1.23. The number of hydrogen-bond acceptors (Lipinski definition) is 1. The second kappa shape index (κ2) is 4.01. The Morgan fingerprint density at radius 1 is 1.38 bits per heavy atom. The van der Waals surface area contributed by atoms with E-state index in [0.29, 0.717) is 4.47 Å². The third-order valence-corrected chi connectivity index (χ3v) is 4.22. The van der Waals surface area contributed by atoms with Gasteiger partial charge in [-0.15, -0.1) is 11.8 Å². The van der Waals surface area contributed by atoms with Crippen LogP contribution in [0.5, 0.6) is 0 Å². The van der Waals surface area contributed by atoms with Crippen LogP contribution in [0.3, 0.4) is 0 Å². The standard InChI is InChI=1S/C10H10BrFS/c11-9-5-4-8(6-10(9)12)13-7-2-1-3-7/h4-7H,1-3H2. The fourth-order valence-corrected chi connectivity index (χ4v) is 2.75. The molecule has 0 saturated heterocycles. The van der Waals surface area contributed by atoms with E-state index < -0.39 is 0 Å². The summed E-state index contributed by atoms with van der Waals surface area (Å²) < 4.78 is 13.6. The van der Waals surface area contributed by atoms with Gasteiger partial charge in [-0.1, -0.05) is 6.42 Å². The Morgan fingerprint density at radius 3 is 2.69 bits per heavy atom. The Balaban J connectivity index is 2.07. The zero-order chi connectivity index (χ0) is 9.26. The van der Waals surface area contributed by atoms with Gasteiger partial charge >= 0.3 is 0 Å². The topological polar surface area (TPSA) is 0 Å². The molecular weight excluding hydrogens is 251 g/mol. The van der Waals surface area contributed by atoms with Crippen molar-refractivity contribution in [2.75, 3.05) is 0 Å². The Kier molecular flexibility index (Phi) is 2.94. The van der Waals surface area contributed by atoms with Crippen LogP contribution in [0.4, 0.5) is 4.39 Å². The molecule has 0 spiro atoms. The second-order valence-electron chi connectivity index (χ2n) is 3.25. The second-order valence-corrected chi connectivity index (χ2v) is 5.47. The van der Waals surface area contributed by atoms with Crippen LogP contribution in [-0.4, -0.2) is 5.25 Å². The van der Waals surface area contributed by atoms with Crippen molar-refractivity contribution >= 4 is 27.7 Å². The van der Waals surface area contributed by atoms with Gasteiger partial charge in [0.15, 0.2) is 0 Å². The smallest absolute Gasteiger partial charge is 0.138 e. The van der Waals surface area contributed by atoms with Crippen LogP contribution >= 0.6 is 27.7 Å². The first-order chi connectivity index (χ1) is 6.25. The lowest BCUT2D eigenvalue weighted by Crippen LogP contribution is -2.12. The molecule has 3 heteroatoms. The van der Waals surface area contributed by atoms with Crippen molar-refractivity contribution in [3.8, 4) is 0 Å². The van der Waals surface area contributed by atoms with Gasteiger partial charge in [-0.3, -0.25) is 0 Å². The first kappa shape index (κ1) is 9.53. The molecule has 1 aliphatic rings. The number of thioether (sulfide) groups is 1. The van der Waals surface area contributed by atoms with Crippen molar-refractivity contribution in [2.24, 2.45) is 0 Å². The highest BCUT2D eigenvalue weighted by Crippen LogP contribution is 2.37. The number of benzene rings is 1. The molecule has 70 valence electrons. The van der Waals surface area contributed by atoms with Crippen molar-refractivity contribution in [1.29, 1.82) is 0 Å². The van der Waals surface area contributed by atoms with Gasteiger partial charge in [0.25, 0.3) is 0 Å². The van der Waals surface area contributed by atoms with E-state index in [4.69, 9.17) is 0 Å². The van der Waals surface area contributed by atoms with Gasteiger partial charge in [-0.2, -0.15) is 0 Å². The predicted octanol–water partition coefficient (Wildman–Crippen LogP) is 4.23. The minimum absolute atomic E-state index is 0.163. The Labute approximate surface area is 90.0 Å². The van der Waals surface area contributed by atoms with Gasteiger partial charge in [0, 0.05) is 10.1 Å². The molecule has 0 heterocycles. The molecule has 1 saturated carbocycles. The highest BCUT2D eigenvalue weighted by molar-refractivity contribution is 9.10. The molecular formula is C10H10BrFS. The maximum Gasteiger partial charge on any atom is 0.138 e. The fraction of sp³-hybridized carbons (Fsp3) is 0.400. The van der Waals surface area contributed by atoms with Gasteiger partial charge in [-0.25, -0.2) is 4.39 Å². The molecule has 1 aromatic rings. The van der Waals surface area contributed by atoms with Gasteiger partial charge in [-0.05, 0) is 47.0 Å². The molecule has 0 N–H and O–H groups in total. The number of halogens is 2. The van der Waals surface area contributed by atoms with E-state index in [1.54, 1.807) is 23.9 Å². The Bertz CT molecular complexity index is 310. The van der Waals surface area contributed by atoms with Gasteiger partial charge in [0.05, 0.1) is 4.47 Å². The molecule has 0 unspecified atom stereocenters. The normalized spacial score (nSPS) is 17.1. The van der Waals surface area contributed by atoms with Crippen LogP contribution in [0.15, 0.2) is 27.6 Å². The minimum atomic E-state index is -0.163. The van der Waals surface area contributed by atoms with Gasteiger partial charge in [0.2, 0.25) is 0 Å². The number of hydrogen-bond donors (Lipinski definition) is 0. The Hall–Kier alpha value is -0.0200. The minimum Gasteiger partial charge on any atom is -0.206 e. The van der Waals surface area contributed by atoms with Crippen molar-refractivity contribution in [1.82, 2.24) is 0 Å². The molecule has 0 radical (unpaired) electrons. The van der Waals surface area contributed by atoms with Crippen molar-refractivity contribution in [2.45, 2.75) is 29.4 Å². The molecule has 1 fully saturated rings. The molecule has 2 rings (SSSR count). The maximum atomic E-state index is 13.1. The maximum absolute atomic E-state index is 13.1. The molecule has 1 aromatic carbocycles.